The minimum absolute atomic E-state index is 0.119. The van der Waals surface area contributed by atoms with E-state index in [1.807, 2.05) is 29.8 Å². The van der Waals surface area contributed by atoms with Gasteiger partial charge in [0, 0.05) is 22.8 Å². The lowest BCUT2D eigenvalue weighted by Crippen LogP contribution is -2.18. The molecule has 1 unspecified atom stereocenters. The van der Waals surface area contributed by atoms with Crippen LogP contribution in [0.5, 0.6) is 0 Å². The fraction of sp³-hybridized carbons (Fsp3) is 0.308. The Labute approximate surface area is 117 Å². The van der Waals surface area contributed by atoms with E-state index in [-0.39, 0.29) is 6.04 Å². The van der Waals surface area contributed by atoms with Gasteiger partial charge in [0.15, 0.2) is 0 Å². The molecule has 0 radical (unpaired) electrons. The van der Waals surface area contributed by atoms with Gasteiger partial charge in [-0.25, -0.2) is 0 Å². The van der Waals surface area contributed by atoms with Crippen molar-refractivity contribution < 1.29 is 0 Å². The Hall–Kier alpha value is -1.03. The highest BCUT2D eigenvalue weighted by Crippen LogP contribution is 2.25. The molecule has 0 aliphatic rings. The van der Waals surface area contributed by atoms with Gasteiger partial charge in [0.05, 0.1) is 11.7 Å². The molecule has 0 fully saturated rings. The number of aryl methyl sites for hydroxylation is 1. The molecule has 1 atom stereocenters. The average Bonchev–Trinajstić information content (AvgIpc) is 2.81. The lowest BCUT2D eigenvalue weighted by Gasteiger charge is -2.14. The summed E-state index contributed by atoms with van der Waals surface area (Å²) < 4.78 is 1.90. The van der Waals surface area contributed by atoms with Crippen molar-refractivity contribution in [1.82, 2.24) is 9.78 Å². The Morgan fingerprint density at radius 3 is 2.78 bits per heavy atom. The van der Waals surface area contributed by atoms with Crippen LogP contribution in [0.3, 0.4) is 0 Å². The molecule has 18 heavy (non-hydrogen) atoms. The van der Waals surface area contributed by atoms with Crippen LogP contribution < -0.4 is 5.73 Å². The zero-order valence-electron chi connectivity index (χ0n) is 10.1. The summed E-state index contributed by atoms with van der Waals surface area (Å²) in [6.45, 7) is 2.85. The van der Waals surface area contributed by atoms with Gasteiger partial charge in [-0.15, -0.1) is 0 Å². The maximum absolute atomic E-state index is 6.20. The van der Waals surface area contributed by atoms with Crippen LogP contribution in [-0.2, 0) is 13.0 Å². The Morgan fingerprint density at radius 2 is 2.11 bits per heavy atom. The van der Waals surface area contributed by atoms with Crippen LogP contribution >= 0.6 is 23.2 Å². The molecule has 1 aromatic heterocycles. The van der Waals surface area contributed by atoms with Crippen molar-refractivity contribution in [3.8, 4) is 0 Å². The standard InChI is InChI=1S/C13H15Cl2N3/c1-2-18-13(5-6-17-18)12(16)7-9-3-4-10(14)8-11(9)15/h3-6,8,12H,2,7,16H2,1H3. The highest BCUT2D eigenvalue weighted by atomic mass is 35.5. The van der Waals surface area contributed by atoms with Crippen LogP contribution in [0.15, 0.2) is 30.5 Å². The predicted octanol–water partition coefficient (Wildman–Crippen LogP) is 3.45. The van der Waals surface area contributed by atoms with Crippen LogP contribution in [0, 0.1) is 0 Å². The fourth-order valence-corrected chi connectivity index (χ4v) is 2.44. The molecule has 96 valence electrons. The van der Waals surface area contributed by atoms with Crippen LogP contribution in [0.25, 0.3) is 0 Å². The van der Waals surface area contributed by atoms with Gasteiger partial charge >= 0.3 is 0 Å². The van der Waals surface area contributed by atoms with Gasteiger partial charge in [0.25, 0.3) is 0 Å². The fourth-order valence-electron chi connectivity index (χ4n) is 1.95. The number of aromatic nitrogens is 2. The van der Waals surface area contributed by atoms with Crippen LogP contribution in [0.4, 0.5) is 0 Å². The van der Waals surface area contributed by atoms with Crippen LogP contribution in [-0.4, -0.2) is 9.78 Å². The van der Waals surface area contributed by atoms with E-state index in [4.69, 9.17) is 28.9 Å². The normalized spacial score (nSPS) is 12.7. The zero-order chi connectivity index (χ0) is 13.1. The minimum atomic E-state index is -0.119. The van der Waals surface area contributed by atoms with Crippen molar-refractivity contribution in [3.05, 3.63) is 51.8 Å². The highest BCUT2D eigenvalue weighted by molar-refractivity contribution is 6.35. The second-order valence-corrected chi connectivity index (χ2v) is 4.96. The smallest absolute Gasteiger partial charge is 0.0554 e. The SMILES string of the molecule is CCn1nccc1C(N)Cc1ccc(Cl)cc1Cl. The highest BCUT2D eigenvalue weighted by Gasteiger charge is 2.13. The molecule has 0 spiro atoms. The topological polar surface area (TPSA) is 43.8 Å². The number of hydrogen-bond acceptors (Lipinski definition) is 2. The van der Waals surface area contributed by atoms with E-state index in [2.05, 4.69) is 5.10 Å². The first-order chi connectivity index (χ1) is 8.61. The second kappa shape index (κ2) is 5.74. The molecule has 1 aromatic carbocycles. The van der Waals surface area contributed by atoms with Gasteiger partial charge in [-0.05, 0) is 37.1 Å². The van der Waals surface area contributed by atoms with Crippen molar-refractivity contribution in [1.29, 1.82) is 0 Å². The van der Waals surface area contributed by atoms with Gasteiger partial charge in [-0.3, -0.25) is 4.68 Å². The number of hydrogen-bond donors (Lipinski definition) is 1. The molecular weight excluding hydrogens is 269 g/mol. The Kier molecular flexibility index (Phi) is 4.27. The summed E-state index contributed by atoms with van der Waals surface area (Å²) >= 11 is 12.0. The van der Waals surface area contributed by atoms with Gasteiger partial charge in [-0.2, -0.15) is 5.10 Å². The van der Waals surface area contributed by atoms with Crippen molar-refractivity contribution in [2.75, 3.05) is 0 Å². The largest absolute Gasteiger partial charge is 0.322 e. The minimum Gasteiger partial charge on any atom is -0.322 e. The van der Waals surface area contributed by atoms with Crippen molar-refractivity contribution >= 4 is 23.2 Å². The second-order valence-electron chi connectivity index (χ2n) is 4.12. The Bertz CT molecular complexity index is 537. The molecule has 3 nitrogen and oxygen atoms in total. The summed E-state index contributed by atoms with van der Waals surface area (Å²) in [7, 11) is 0. The summed E-state index contributed by atoms with van der Waals surface area (Å²) in [5, 5.41) is 5.50. The van der Waals surface area contributed by atoms with Crippen molar-refractivity contribution in [3.63, 3.8) is 0 Å². The third-order valence-electron chi connectivity index (χ3n) is 2.88. The first kappa shape index (κ1) is 13.4. The van der Waals surface area contributed by atoms with Crippen LogP contribution in [0.2, 0.25) is 10.0 Å². The van der Waals surface area contributed by atoms with E-state index in [0.29, 0.717) is 16.5 Å². The molecule has 5 heteroatoms. The van der Waals surface area contributed by atoms with E-state index in [9.17, 15) is 0 Å². The quantitative estimate of drug-likeness (QED) is 0.934. The third-order valence-corrected chi connectivity index (χ3v) is 3.47. The lowest BCUT2D eigenvalue weighted by atomic mass is 10.0. The van der Waals surface area contributed by atoms with Crippen molar-refractivity contribution in [2.24, 2.45) is 5.73 Å². The van der Waals surface area contributed by atoms with Gasteiger partial charge in [-0.1, -0.05) is 29.3 Å². The van der Waals surface area contributed by atoms with Crippen molar-refractivity contribution in [2.45, 2.75) is 25.9 Å². The molecule has 1 heterocycles. The average molecular weight is 284 g/mol. The Morgan fingerprint density at radius 1 is 1.33 bits per heavy atom. The maximum atomic E-state index is 6.20. The summed E-state index contributed by atoms with van der Waals surface area (Å²) in [6.07, 6.45) is 2.43. The van der Waals surface area contributed by atoms with Gasteiger partial charge in [0.1, 0.15) is 0 Å². The molecule has 2 aromatic rings. The van der Waals surface area contributed by atoms with Crippen LogP contribution in [0.1, 0.15) is 24.2 Å². The third kappa shape index (κ3) is 2.86. The molecule has 0 amide bonds. The van der Waals surface area contributed by atoms with E-state index < -0.39 is 0 Å². The molecule has 0 bridgehead atoms. The van der Waals surface area contributed by atoms with Gasteiger partial charge in [0.2, 0.25) is 0 Å². The van der Waals surface area contributed by atoms with E-state index in [1.54, 1.807) is 12.3 Å². The molecule has 0 aliphatic carbocycles. The molecule has 2 rings (SSSR count). The van der Waals surface area contributed by atoms with E-state index in [1.165, 1.54) is 0 Å². The number of nitrogens with two attached hydrogens (primary N) is 1. The summed E-state index contributed by atoms with van der Waals surface area (Å²) in [5.74, 6) is 0. The predicted molar refractivity (Wildman–Crippen MR) is 75.0 cm³/mol. The summed E-state index contributed by atoms with van der Waals surface area (Å²) in [6, 6.07) is 7.30. The number of nitrogens with zero attached hydrogens (tertiary/aromatic N) is 2. The first-order valence-corrected chi connectivity index (χ1v) is 6.58. The molecular formula is C13H15Cl2N3. The van der Waals surface area contributed by atoms with E-state index in [0.717, 1.165) is 17.8 Å². The number of halogens is 2. The monoisotopic (exact) mass is 283 g/mol. The number of rotatable bonds is 4. The van der Waals surface area contributed by atoms with Gasteiger partial charge < -0.3 is 5.73 Å². The molecule has 0 aliphatic heterocycles. The van der Waals surface area contributed by atoms with E-state index >= 15 is 0 Å². The summed E-state index contributed by atoms with van der Waals surface area (Å²) in [4.78, 5) is 0. The molecule has 0 saturated heterocycles. The Balaban J connectivity index is 2.18. The maximum Gasteiger partial charge on any atom is 0.0554 e. The summed E-state index contributed by atoms with van der Waals surface area (Å²) in [5.41, 5.74) is 8.22. The first-order valence-electron chi connectivity index (χ1n) is 5.83. The zero-order valence-corrected chi connectivity index (χ0v) is 11.6. The molecule has 2 N–H and O–H groups in total. The lowest BCUT2D eigenvalue weighted by molar-refractivity contribution is 0.568. The molecule has 0 saturated carbocycles. The number of benzene rings is 1.